The second kappa shape index (κ2) is 6.17. The summed E-state index contributed by atoms with van der Waals surface area (Å²) in [7, 11) is 0. The van der Waals surface area contributed by atoms with Crippen LogP contribution in [0.5, 0.6) is 0 Å². The summed E-state index contributed by atoms with van der Waals surface area (Å²) in [6.45, 7) is 1.90. The molecule has 2 unspecified atom stereocenters. The van der Waals surface area contributed by atoms with Crippen LogP contribution in [-0.4, -0.2) is 33.9 Å². The number of anilines is 1. The van der Waals surface area contributed by atoms with Crippen molar-refractivity contribution < 1.29 is 19.7 Å². The number of carbonyl (C=O) groups excluding carboxylic acids is 1. The van der Waals surface area contributed by atoms with E-state index in [1.54, 1.807) is 19.1 Å². The minimum atomic E-state index is -1.26. The van der Waals surface area contributed by atoms with Crippen LogP contribution in [0.2, 0.25) is 0 Å². The monoisotopic (exact) mass is 240 g/mol. The number of ether oxygens (including phenoxy) is 1. The fraction of sp³-hybridized carbons (Fsp3) is 0.455. The first-order chi connectivity index (χ1) is 8.04. The second-order valence-electron chi connectivity index (χ2n) is 3.51. The average Bonchev–Trinajstić information content (AvgIpc) is 2.28. The molecule has 94 valence electrons. The Kier molecular flexibility index (Phi) is 4.86. The third kappa shape index (κ3) is 4.01. The number of aromatic nitrogens is 1. The van der Waals surface area contributed by atoms with Crippen LogP contribution in [0, 0.1) is 0 Å². The highest BCUT2D eigenvalue weighted by atomic mass is 16.5. The quantitative estimate of drug-likeness (QED) is 0.626. The molecule has 1 heterocycles. The van der Waals surface area contributed by atoms with Crippen LogP contribution in [0.25, 0.3) is 0 Å². The van der Waals surface area contributed by atoms with Gasteiger partial charge in [-0.3, -0.25) is 4.79 Å². The highest BCUT2D eigenvalue weighted by Crippen LogP contribution is 2.18. The van der Waals surface area contributed by atoms with Gasteiger partial charge in [-0.15, -0.1) is 0 Å². The molecule has 2 atom stereocenters. The van der Waals surface area contributed by atoms with Crippen molar-refractivity contribution in [3.63, 3.8) is 0 Å². The van der Waals surface area contributed by atoms with Crippen LogP contribution in [0.4, 0.5) is 5.82 Å². The van der Waals surface area contributed by atoms with Gasteiger partial charge in [0.25, 0.3) is 0 Å². The molecule has 6 heteroatoms. The van der Waals surface area contributed by atoms with Crippen molar-refractivity contribution in [1.82, 2.24) is 4.98 Å². The summed E-state index contributed by atoms with van der Waals surface area (Å²) >= 11 is 0. The van der Waals surface area contributed by atoms with Crippen molar-refractivity contribution in [2.45, 2.75) is 25.6 Å². The Balaban J connectivity index is 2.63. The zero-order chi connectivity index (χ0) is 12.8. The van der Waals surface area contributed by atoms with Crippen LogP contribution in [0.15, 0.2) is 18.2 Å². The number of hydrogen-bond donors (Lipinski definition) is 3. The van der Waals surface area contributed by atoms with Gasteiger partial charge in [0, 0.05) is 0 Å². The van der Waals surface area contributed by atoms with Crippen LogP contribution in [0.3, 0.4) is 0 Å². The second-order valence-corrected chi connectivity index (χ2v) is 3.51. The van der Waals surface area contributed by atoms with Crippen LogP contribution in [-0.2, 0) is 9.53 Å². The van der Waals surface area contributed by atoms with Gasteiger partial charge in [-0.25, -0.2) is 4.98 Å². The SMILES string of the molecule is CCOC(=O)CC(O)C(O)c1cccc(N)n1. The molecule has 0 amide bonds. The zero-order valence-corrected chi connectivity index (χ0v) is 9.54. The average molecular weight is 240 g/mol. The Morgan fingerprint density at radius 1 is 1.53 bits per heavy atom. The van der Waals surface area contributed by atoms with E-state index in [9.17, 15) is 15.0 Å². The van der Waals surface area contributed by atoms with E-state index in [1.165, 1.54) is 6.07 Å². The molecule has 17 heavy (non-hydrogen) atoms. The Bertz CT molecular complexity index is 383. The molecule has 0 aromatic carbocycles. The zero-order valence-electron chi connectivity index (χ0n) is 9.54. The summed E-state index contributed by atoms with van der Waals surface area (Å²) in [5.41, 5.74) is 5.67. The molecule has 1 rings (SSSR count). The third-order valence-corrected chi connectivity index (χ3v) is 2.14. The summed E-state index contributed by atoms with van der Waals surface area (Å²) < 4.78 is 4.67. The van der Waals surface area contributed by atoms with E-state index >= 15 is 0 Å². The molecule has 1 aromatic heterocycles. The number of aliphatic hydroxyl groups is 2. The van der Waals surface area contributed by atoms with Gasteiger partial charge in [-0.1, -0.05) is 6.07 Å². The summed E-state index contributed by atoms with van der Waals surface area (Å²) in [6.07, 6.45) is -2.81. The lowest BCUT2D eigenvalue weighted by molar-refractivity contribution is -0.147. The lowest BCUT2D eigenvalue weighted by atomic mass is 10.1. The van der Waals surface area contributed by atoms with Gasteiger partial charge in [-0.2, -0.15) is 0 Å². The Hall–Kier alpha value is -1.66. The van der Waals surface area contributed by atoms with Gasteiger partial charge < -0.3 is 20.7 Å². The predicted octanol–water partition coefficient (Wildman–Crippen LogP) is 0.0113. The lowest BCUT2D eigenvalue weighted by Crippen LogP contribution is -2.24. The molecule has 0 aliphatic heterocycles. The van der Waals surface area contributed by atoms with Crippen LogP contribution >= 0.6 is 0 Å². The van der Waals surface area contributed by atoms with Crippen molar-refractivity contribution in [3.8, 4) is 0 Å². The molecule has 0 saturated heterocycles. The van der Waals surface area contributed by atoms with E-state index < -0.39 is 18.2 Å². The smallest absolute Gasteiger partial charge is 0.308 e. The van der Waals surface area contributed by atoms with E-state index in [2.05, 4.69) is 9.72 Å². The first-order valence-electron chi connectivity index (χ1n) is 5.28. The largest absolute Gasteiger partial charge is 0.466 e. The van der Waals surface area contributed by atoms with Gasteiger partial charge in [-0.05, 0) is 19.1 Å². The maximum atomic E-state index is 11.1. The summed E-state index contributed by atoms with van der Waals surface area (Å²) in [6, 6.07) is 4.70. The first kappa shape index (κ1) is 13.4. The van der Waals surface area contributed by atoms with Crippen LogP contribution in [0.1, 0.15) is 25.1 Å². The fourth-order valence-corrected chi connectivity index (χ4v) is 1.33. The number of nitrogens with two attached hydrogens (primary N) is 1. The van der Waals surface area contributed by atoms with Crippen molar-refractivity contribution in [2.24, 2.45) is 0 Å². The highest BCUT2D eigenvalue weighted by Gasteiger charge is 2.23. The summed E-state index contributed by atoms with van der Waals surface area (Å²) in [4.78, 5) is 15.0. The molecular formula is C11H16N2O4. The number of nitrogen functional groups attached to an aromatic ring is 1. The van der Waals surface area contributed by atoms with E-state index in [4.69, 9.17) is 5.73 Å². The number of hydrogen-bond acceptors (Lipinski definition) is 6. The van der Waals surface area contributed by atoms with E-state index in [0.29, 0.717) is 0 Å². The first-order valence-corrected chi connectivity index (χ1v) is 5.28. The van der Waals surface area contributed by atoms with Gasteiger partial charge >= 0.3 is 5.97 Å². The number of rotatable bonds is 5. The molecule has 1 aromatic rings. The Morgan fingerprint density at radius 3 is 2.82 bits per heavy atom. The van der Waals surface area contributed by atoms with E-state index in [-0.39, 0.29) is 24.5 Å². The molecule has 0 aliphatic carbocycles. The molecule has 6 nitrogen and oxygen atoms in total. The number of esters is 1. The number of aliphatic hydroxyl groups excluding tert-OH is 2. The molecule has 0 spiro atoms. The van der Waals surface area contributed by atoms with E-state index in [1.807, 2.05) is 0 Å². The lowest BCUT2D eigenvalue weighted by Gasteiger charge is -2.16. The van der Waals surface area contributed by atoms with Gasteiger partial charge in [0.2, 0.25) is 0 Å². The molecule has 0 aliphatic rings. The fourth-order valence-electron chi connectivity index (χ4n) is 1.33. The van der Waals surface area contributed by atoms with Crippen LogP contribution < -0.4 is 5.73 Å². The minimum absolute atomic E-state index is 0.224. The highest BCUT2D eigenvalue weighted by molar-refractivity contribution is 5.70. The maximum Gasteiger partial charge on any atom is 0.308 e. The Morgan fingerprint density at radius 2 is 2.24 bits per heavy atom. The minimum Gasteiger partial charge on any atom is -0.466 e. The normalized spacial score (nSPS) is 14.1. The van der Waals surface area contributed by atoms with E-state index in [0.717, 1.165) is 0 Å². The molecular weight excluding hydrogens is 224 g/mol. The summed E-state index contributed by atoms with van der Waals surface area (Å²) in [5.74, 6) is -0.326. The number of pyridine rings is 1. The maximum absolute atomic E-state index is 11.1. The molecule has 0 saturated carbocycles. The molecule has 4 N–H and O–H groups in total. The molecule has 0 fully saturated rings. The van der Waals surface area contributed by atoms with Crippen molar-refractivity contribution >= 4 is 11.8 Å². The predicted molar refractivity (Wildman–Crippen MR) is 60.9 cm³/mol. The standard InChI is InChI=1S/C11H16N2O4/c1-2-17-10(15)6-8(14)11(16)7-4-3-5-9(12)13-7/h3-5,8,11,14,16H,2,6H2,1H3,(H2,12,13). The number of carbonyl (C=O) groups is 1. The topological polar surface area (TPSA) is 106 Å². The molecule has 0 bridgehead atoms. The van der Waals surface area contributed by atoms with Crippen molar-refractivity contribution in [2.75, 3.05) is 12.3 Å². The van der Waals surface area contributed by atoms with Gasteiger partial charge in [0.1, 0.15) is 11.9 Å². The van der Waals surface area contributed by atoms with Gasteiger partial charge in [0.05, 0.1) is 24.8 Å². The van der Waals surface area contributed by atoms with Crippen molar-refractivity contribution in [3.05, 3.63) is 23.9 Å². The van der Waals surface area contributed by atoms with Gasteiger partial charge in [0.15, 0.2) is 0 Å². The van der Waals surface area contributed by atoms with Crippen molar-refractivity contribution in [1.29, 1.82) is 0 Å². The number of nitrogens with zero attached hydrogens (tertiary/aromatic N) is 1. The Labute approximate surface area is 99.0 Å². The summed E-state index contributed by atoms with van der Waals surface area (Å²) in [5, 5.41) is 19.4. The third-order valence-electron chi connectivity index (χ3n) is 2.14. The molecule has 0 radical (unpaired) electrons.